The molecule has 1 aromatic carbocycles. The summed E-state index contributed by atoms with van der Waals surface area (Å²) in [5.74, 6) is 1.47. The van der Waals surface area contributed by atoms with Gasteiger partial charge in [-0.05, 0) is 24.3 Å². The van der Waals surface area contributed by atoms with Crippen LogP contribution < -0.4 is 0 Å². The predicted molar refractivity (Wildman–Crippen MR) is 91.1 cm³/mol. The maximum absolute atomic E-state index is 13.9. The fourth-order valence-electron chi connectivity index (χ4n) is 2.67. The van der Waals surface area contributed by atoms with Gasteiger partial charge in [-0.15, -0.1) is 0 Å². The van der Waals surface area contributed by atoms with Gasteiger partial charge in [0.15, 0.2) is 11.6 Å². The largest absolute Gasteiger partial charge is 0.453 e. The normalized spacial score (nSPS) is 10.9. The fraction of sp³-hybridized carbons (Fsp3) is 0.105. The topological polar surface area (TPSA) is 56.7 Å². The molecule has 4 rings (SSSR count). The molecule has 0 N–H and O–H groups in total. The van der Waals surface area contributed by atoms with E-state index in [-0.39, 0.29) is 5.82 Å². The highest BCUT2D eigenvalue weighted by atomic mass is 19.1. The second kappa shape index (κ2) is 6.68. The van der Waals surface area contributed by atoms with E-state index in [1.165, 1.54) is 6.07 Å². The second-order valence-electron chi connectivity index (χ2n) is 5.53. The van der Waals surface area contributed by atoms with Gasteiger partial charge < -0.3 is 8.98 Å². The van der Waals surface area contributed by atoms with E-state index in [9.17, 15) is 4.39 Å². The average Bonchev–Trinajstić information content (AvgIpc) is 3.30. The molecule has 0 amide bonds. The van der Waals surface area contributed by atoms with Crippen molar-refractivity contribution in [2.45, 2.75) is 13.0 Å². The highest BCUT2D eigenvalue weighted by Gasteiger charge is 2.14. The highest BCUT2D eigenvalue weighted by molar-refractivity contribution is 5.62. The van der Waals surface area contributed by atoms with Crippen molar-refractivity contribution in [3.63, 3.8) is 0 Å². The van der Waals surface area contributed by atoms with Crippen LogP contribution in [0.2, 0.25) is 0 Å². The molecule has 6 heteroatoms. The molecule has 0 fully saturated rings. The van der Waals surface area contributed by atoms with Gasteiger partial charge in [-0.25, -0.2) is 9.37 Å². The van der Waals surface area contributed by atoms with E-state index in [0.717, 1.165) is 12.1 Å². The van der Waals surface area contributed by atoms with Crippen LogP contribution in [0, 0.1) is 5.82 Å². The summed E-state index contributed by atoms with van der Waals surface area (Å²) in [4.78, 5) is 12.7. The molecule has 0 unspecified atom stereocenters. The minimum atomic E-state index is -0.311. The van der Waals surface area contributed by atoms with Crippen molar-refractivity contribution in [1.29, 1.82) is 0 Å². The third-order valence-corrected chi connectivity index (χ3v) is 3.91. The smallest absolute Gasteiger partial charge is 0.176 e. The standard InChI is InChI=1S/C19H15FN4O/c20-16-4-2-1-3-15(16)17-5-6-18(25-17)19-23-10-12-24(19)11-7-14-13-21-8-9-22-14/h1-6,8-10,12-13H,7,11H2. The molecule has 3 heterocycles. The molecule has 124 valence electrons. The number of rotatable bonds is 5. The van der Waals surface area contributed by atoms with Crippen LogP contribution in [0.3, 0.4) is 0 Å². The minimum Gasteiger partial charge on any atom is -0.453 e. The zero-order valence-electron chi connectivity index (χ0n) is 13.3. The average molecular weight is 334 g/mol. The molecule has 0 aliphatic carbocycles. The predicted octanol–water partition coefficient (Wildman–Crippen LogP) is 3.98. The maximum atomic E-state index is 13.9. The first-order chi connectivity index (χ1) is 12.3. The van der Waals surface area contributed by atoms with Crippen LogP contribution >= 0.6 is 0 Å². The first kappa shape index (κ1) is 15.3. The lowest BCUT2D eigenvalue weighted by molar-refractivity contribution is 0.569. The van der Waals surface area contributed by atoms with Crippen LogP contribution in [0.15, 0.2) is 71.8 Å². The van der Waals surface area contributed by atoms with E-state index in [1.807, 2.05) is 16.8 Å². The molecule has 0 aliphatic rings. The molecular weight excluding hydrogens is 319 g/mol. The molecular formula is C19H15FN4O. The van der Waals surface area contributed by atoms with Crippen molar-refractivity contribution >= 4 is 0 Å². The Labute approximate surface area is 143 Å². The Hall–Kier alpha value is -3.28. The van der Waals surface area contributed by atoms with Gasteiger partial charge in [-0.3, -0.25) is 9.97 Å². The van der Waals surface area contributed by atoms with Gasteiger partial charge in [0.25, 0.3) is 0 Å². The summed E-state index contributed by atoms with van der Waals surface area (Å²) in [7, 11) is 0. The lowest BCUT2D eigenvalue weighted by Crippen LogP contribution is -2.03. The molecule has 25 heavy (non-hydrogen) atoms. The zero-order valence-corrected chi connectivity index (χ0v) is 13.3. The van der Waals surface area contributed by atoms with Crippen molar-refractivity contribution in [1.82, 2.24) is 19.5 Å². The number of nitrogens with zero attached hydrogens (tertiary/aromatic N) is 4. The number of aromatic nitrogens is 4. The number of imidazole rings is 1. The number of furan rings is 1. The summed E-state index contributed by atoms with van der Waals surface area (Å²) in [6.45, 7) is 0.698. The minimum absolute atomic E-state index is 0.311. The fourth-order valence-corrected chi connectivity index (χ4v) is 2.67. The van der Waals surface area contributed by atoms with Crippen LogP contribution in [0.1, 0.15) is 5.69 Å². The monoisotopic (exact) mass is 334 g/mol. The van der Waals surface area contributed by atoms with Crippen molar-refractivity contribution < 1.29 is 8.81 Å². The van der Waals surface area contributed by atoms with Crippen LogP contribution in [-0.4, -0.2) is 19.5 Å². The third kappa shape index (κ3) is 3.19. The van der Waals surface area contributed by atoms with E-state index in [1.54, 1.807) is 49.1 Å². The molecule has 0 saturated carbocycles. The SMILES string of the molecule is Fc1ccccc1-c1ccc(-c2nccn2CCc2cnccn2)o1. The lowest BCUT2D eigenvalue weighted by Gasteiger charge is -2.05. The Bertz CT molecular complexity index is 978. The third-order valence-electron chi connectivity index (χ3n) is 3.91. The molecule has 0 bridgehead atoms. The van der Waals surface area contributed by atoms with E-state index in [4.69, 9.17) is 4.42 Å². The van der Waals surface area contributed by atoms with Crippen LogP contribution in [-0.2, 0) is 13.0 Å². The van der Waals surface area contributed by atoms with E-state index >= 15 is 0 Å². The van der Waals surface area contributed by atoms with Gasteiger partial charge in [-0.1, -0.05) is 12.1 Å². The number of halogens is 1. The molecule has 0 atom stereocenters. The van der Waals surface area contributed by atoms with Crippen molar-refractivity contribution in [2.24, 2.45) is 0 Å². The molecule has 0 aliphatic heterocycles. The van der Waals surface area contributed by atoms with Crippen LogP contribution in [0.25, 0.3) is 22.9 Å². The summed E-state index contributed by atoms with van der Waals surface area (Å²) in [6.07, 6.45) is 9.42. The van der Waals surface area contributed by atoms with Crippen molar-refractivity contribution in [3.8, 4) is 22.9 Å². The van der Waals surface area contributed by atoms with E-state index in [2.05, 4.69) is 15.0 Å². The quantitative estimate of drug-likeness (QED) is 0.554. The Kier molecular flexibility index (Phi) is 4.08. The van der Waals surface area contributed by atoms with Crippen molar-refractivity contribution in [2.75, 3.05) is 0 Å². The van der Waals surface area contributed by atoms with Gasteiger partial charge >= 0.3 is 0 Å². The molecule has 0 radical (unpaired) electrons. The summed E-state index contributed by atoms with van der Waals surface area (Å²) in [5.41, 5.74) is 1.35. The van der Waals surface area contributed by atoms with Gasteiger partial charge in [-0.2, -0.15) is 0 Å². The summed E-state index contributed by atoms with van der Waals surface area (Å²) >= 11 is 0. The second-order valence-corrected chi connectivity index (χ2v) is 5.53. The summed E-state index contributed by atoms with van der Waals surface area (Å²) in [5, 5.41) is 0. The van der Waals surface area contributed by atoms with Gasteiger partial charge in [0, 0.05) is 43.9 Å². The Balaban J connectivity index is 1.57. The first-order valence-corrected chi connectivity index (χ1v) is 7.92. The Morgan fingerprint density at radius 3 is 2.68 bits per heavy atom. The molecule has 5 nitrogen and oxygen atoms in total. The zero-order chi connectivity index (χ0) is 17.1. The molecule has 0 spiro atoms. The number of hydrogen-bond acceptors (Lipinski definition) is 4. The van der Waals surface area contributed by atoms with Gasteiger partial charge in [0.2, 0.25) is 0 Å². The highest BCUT2D eigenvalue weighted by Crippen LogP contribution is 2.29. The van der Waals surface area contributed by atoms with Gasteiger partial charge in [0.05, 0.1) is 11.3 Å². The molecule has 3 aromatic heterocycles. The molecule has 4 aromatic rings. The first-order valence-electron chi connectivity index (χ1n) is 7.92. The van der Waals surface area contributed by atoms with Crippen molar-refractivity contribution in [3.05, 3.63) is 78.9 Å². The van der Waals surface area contributed by atoms with Crippen LogP contribution in [0.5, 0.6) is 0 Å². The number of aryl methyl sites for hydroxylation is 2. The Morgan fingerprint density at radius 1 is 0.960 bits per heavy atom. The summed E-state index contributed by atoms with van der Waals surface area (Å²) < 4.78 is 21.7. The van der Waals surface area contributed by atoms with Gasteiger partial charge in [0.1, 0.15) is 11.6 Å². The maximum Gasteiger partial charge on any atom is 0.176 e. The van der Waals surface area contributed by atoms with E-state index < -0.39 is 0 Å². The lowest BCUT2D eigenvalue weighted by atomic mass is 10.1. The molecule has 0 saturated heterocycles. The number of benzene rings is 1. The number of hydrogen-bond donors (Lipinski definition) is 0. The summed E-state index contributed by atoms with van der Waals surface area (Å²) in [6, 6.07) is 10.1. The van der Waals surface area contributed by atoms with E-state index in [0.29, 0.717) is 29.5 Å². The van der Waals surface area contributed by atoms with Crippen LogP contribution in [0.4, 0.5) is 4.39 Å². The Morgan fingerprint density at radius 2 is 1.84 bits per heavy atom.